The third-order valence-corrected chi connectivity index (χ3v) is 2.42. The van der Waals surface area contributed by atoms with Crippen LogP contribution in [0.5, 0.6) is 0 Å². The van der Waals surface area contributed by atoms with E-state index in [0.717, 1.165) is 12.1 Å². The summed E-state index contributed by atoms with van der Waals surface area (Å²) in [5, 5.41) is 9.10. The Bertz CT molecular complexity index is 324. The Morgan fingerprint density at radius 3 is 2.43 bits per heavy atom. The van der Waals surface area contributed by atoms with Gasteiger partial charge in [0.15, 0.2) is 11.6 Å². The van der Waals surface area contributed by atoms with E-state index < -0.39 is 17.0 Å². The largest absolute Gasteiger partial charge is 0.395 e. The van der Waals surface area contributed by atoms with Crippen molar-refractivity contribution in [2.24, 2.45) is 5.73 Å². The Labute approximate surface area is 81.4 Å². The molecule has 1 unspecified atom stereocenters. The van der Waals surface area contributed by atoms with Crippen LogP contribution in [0.1, 0.15) is 12.5 Å². The Hall–Kier alpha value is -1.00. The average Bonchev–Trinajstić information content (AvgIpc) is 2.21. The molecule has 1 aromatic carbocycles. The molecule has 14 heavy (non-hydrogen) atoms. The van der Waals surface area contributed by atoms with Crippen LogP contribution in [0.4, 0.5) is 8.78 Å². The number of aliphatic hydroxyl groups excluding tert-OH is 1. The van der Waals surface area contributed by atoms with Gasteiger partial charge < -0.3 is 10.8 Å². The predicted molar refractivity (Wildman–Crippen MR) is 49.9 cm³/mol. The lowest BCUT2D eigenvalue weighted by Crippen LogP contribution is -2.35. The van der Waals surface area contributed by atoms with E-state index in [1.165, 1.54) is 6.07 Å². The van der Waals surface area contributed by atoms with Crippen molar-refractivity contribution < 1.29 is 13.9 Å². The second kappa shape index (κ2) is 4.02. The van der Waals surface area contributed by atoms with Gasteiger partial charge in [0.2, 0.25) is 0 Å². The third-order valence-electron chi connectivity index (χ3n) is 2.42. The van der Waals surface area contributed by atoms with E-state index in [1.54, 1.807) is 6.92 Å². The normalized spacial score (nSPS) is 15.2. The van der Waals surface area contributed by atoms with E-state index in [9.17, 15) is 8.78 Å². The van der Waals surface area contributed by atoms with Gasteiger partial charge in [-0.25, -0.2) is 8.78 Å². The van der Waals surface area contributed by atoms with Gasteiger partial charge in [0, 0.05) is 12.0 Å². The molecule has 0 aliphatic heterocycles. The first kappa shape index (κ1) is 11.1. The number of halogens is 2. The van der Waals surface area contributed by atoms with Gasteiger partial charge in [-0.2, -0.15) is 0 Å². The van der Waals surface area contributed by atoms with Gasteiger partial charge in [-0.05, 0) is 17.7 Å². The van der Waals surface area contributed by atoms with E-state index in [-0.39, 0.29) is 13.2 Å². The highest BCUT2D eigenvalue weighted by atomic mass is 19.2. The molecule has 3 N–H and O–H groups in total. The fourth-order valence-corrected chi connectivity index (χ4v) is 1.15. The second-order valence-corrected chi connectivity index (χ2v) is 3.55. The molecule has 1 aromatic rings. The van der Waals surface area contributed by atoms with Crippen LogP contribution in [-0.4, -0.2) is 18.3 Å². The van der Waals surface area contributed by atoms with Crippen LogP contribution in [0, 0.1) is 11.6 Å². The highest BCUT2D eigenvalue weighted by molar-refractivity contribution is 5.26. The summed E-state index contributed by atoms with van der Waals surface area (Å²) in [5.41, 5.74) is 5.25. The quantitative estimate of drug-likeness (QED) is 0.771. The van der Waals surface area contributed by atoms with Gasteiger partial charge >= 0.3 is 0 Å². The third kappa shape index (κ3) is 1.91. The molecule has 0 aromatic heterocycles. The molecular formula is C10H13F2NO. The topological polar surface area (TPSA) is 46.2 Å². The lowest BCUT2D eigenvalue weighted by molar-refractivity contribution is 0.210. The SMILES string of the molecule is CC(CN)(CO)c1ccc(F)c(F)c1. The minimum absolute atomic E-state index is 0.175. The van der Waals surface area contributed by atoms with Crippen LogP contribution >= 0.6 is 0 Å². The van der Waals surface area contributed by atoms with Gasteiger partial charge in [0.1, 0.15) is 0 Å². The number of rotatable bonds is 3. The molecule has 0 heterocycles. The molecule has 2 nitrogen and oxygen atoms in total. The summed E-state index contributed by atoms with van der Waals surface area (Å²) < 4.78 is 25.5. The Kier molecular flexibility index (Phi) is 3.18. The van der Waals surface area contributed by atoms with E-state index in [0.29, 0.717) is 5.56 Å². The van der Waals surface area contributed by atoms with Crippen LogP contribution in [0.25, 0.3) is 0 Å². The van der Waals surface area contributed by atoms with Crippen LogP contribution in [0.3, 0.4) is 0 Å². The lowest BCUT2D eigenvalue weighted by atomic mass is 9.83. The van der Waals surface area contributed by atoms with Crippen molar-refractivity contribution in [1.82, 2.24) is 0 Å². The zero-order chi connectivity index (χ0) is 10.8. The molecule has 0 fully saturated rings. The summed E-state index contributed by atoms with van der Waals surface area (Å²) in [6.07, 6.45) is 0. The monoisotopic (exact) mass is 201 g/mol. The maximum absolute atomic E-state index is 12.9. The first-order valence-corrected chi connectivity index (χ1v) is 4.30. The predicted octanol–water partition coefficient (Wildman–Crippen LogP) is 1.17. The van der Waals surface area contributed by atoms with Crippen molar-refractivity contribution in [3.8, 4) is 0 Å². The Morgan fingerprint density at radius 1 is 1.36 bits per heavy atom. The molecule has 0 aliphatic carbocycles. The minimum atomic E-state index is -0.921. The number of aliphatic hydroxyl groups is 1. The smallest absolute Gasteiger partial charge is 0.159 e. The average molecular weight is 201 g/mol. The van der Waals surface area contributed by atoms with E-state index in [1.807, 2.05) is 0 Å². The van der Waals surface area contributed by atoms with E-state index in [2.05, 4.69) is 0 Å². The fourth-order valence-electron chi connectivity index (χ4n) is 1.15. The number of hydrogen-bond acceptors (Lipinski definition) is 2. The molecule has 4 heteroatoms. The molecule has 0 radical (unpaired) electrons. The van der Waals surface area contributed by atoms with Crippen molar-refractivity contribution in [3.63, 3.8) is 0 Å². The van der Waals surface area contributed by atoms with Crippen molar-refractivity contribution in [1.29, 1.82) is 0 Å². The zero-order valence-corrected chi connectivity index (χ0v) is 7.93. The maximum Gasteiger partial charge on any atom is 0.159 e. The molecule has 1 atom stereocenters. The van der Waals surface area contributed by atoms with Crippen LogP contribution in [-0.2, 0) is 5.41 Å². The molecule has 0 saturated heterocycles. The van der Waals surface area contributed by atoms with E-state index >= 15 is 0 Å². The molecule has 0 amide bonds. The summed E-state index contributed by atoms with van der Waals surface area (Å²) in [6.45, 7) is 1.67. The molecule has 1 rings (SSSR count). The van der Waals surface area contributed by atoms with Gasteiger partial charge in [-0.3, -0.25) is 0 Å². The van der Waals surface area contributed by atoms with Crippen LogP contribution in [0.15, 0.2) is 18.2 Å². The summed E-state index contributed by atoms with van der Waals surface area (Å²) in [5.74, 6) is -1.82. The first-order chi connectivity index (χ1) is 6.53. The summed E-state index contributed by atoms with van der Waals surface area (Å²) in [4.78, 5) is 0. The van der Waals surface area contributed by atoms with Gasteiger partial charge in [0.25, 0.3) is 0 Å². The number of hydrogen-bond donors (Lipinski definition) is 2. The summed E-state index contributed by atoms with van der Waals surface area (Å²) >= 11 is 0. The van der Waals surface area contributed by atoms with Crippen molar-refractivity contribution in [2.75, 3.05) is 13.2 Å². The molecule has 0 saturated carbocycles. The molecule has 0 bridgehead atoms. The summed E-state index contributed by atoms with van der Waals surface area (Å²) in [6, 6.07) is 3.54. The maximum atomic E-state index is 12.9. The zero-order valence-electron chi connectivity index (χ0n) is 7.93. The molecule has 78 valence electrons. The second-order valence-electron chi connectivity index (χ2n) is 3.55. The molecular weight excluding hydrogens is 188 g/mol. The van der Waals surface area contributed by atoms with Crippen LogP contribution in [0.2, 0.25) is 0 Å². The van der Waals surface area contributed by atoms with Crippen molar-refractivity contribution in [2.45, 2.75) is 12.3 Å². The number of benzene rings is 1. The Morgan fingerprint density at radius 2 is 2.00 bits per heavy atom. The highest BCUT2D eigenvalue weighted by Crippen LogP contribution is 2.23. The number of nitrogens with two attached hydrogens (primary N) is 1. The standard InChI is InChI=1S/C10H13F2NO/c1-10(5-13,6-14)7-2-3-8(11)9(12)4-7/h2-4,14H,5-6,13H2,1H3. The fraction of sp³-hybridized carbons (Fsp3) is 0.400. The van der Waals surface area contributed by atoms with Crippen LogP contribution < -0.4 is 5.73 Å². The summed E-state index contributed by atoms with van der Waals surface area (Å²) in [7, 11) is 0. The van der Waals surface area contributed by atoms with E-state index in [4.69, 9.17) is 10.8 Å². The minimum Gasteiger partial charge on any atom is -0.395 e. The first-order valence-electron chi connectivity index (χ1n) is 4.30. The Balaban J connectivity index is 3.12. The van der Waals surface area contributed by atoms with Gasteiger partial charge in [-0.1, -0.05) is 13.0 Å². The molecule has 0 aliphatic rings. The highest BCUT2D eigenvalue weighted by Gasteiger charge is 2.24. The van der Waals surface area contributed by atoms with Gasteiger partial charge in [-0.15, -0.1) is 0 Å². The lowest BCUT2D eigenvalue weighted by Gasteiger charge is -2.25. The molecule has 0 spiro atoms. The van der Waals surface area contributed by atoms with Gasteiger partial charge in [0.05, 0.1) is 6.61 Å². The van der Waals surface area contributed by atoms with Crippen molar-refractivity contribution in [3.05, 3.63) is 35.4 Å². The van der Waals surface area contributed by atoms with Crippen molar-refractivity contribution >= 4 is 0 Å².